The molecule has 0 aromatic carbocycles. The maximum Gasteiger partial charge on any atom is 0.179 e. The van der Waals surface area contributed by atoms with Gasteiger partial charge in [0.15, 0.2) is 6.56 Å². The highest BCUT2D eigenvalue weighted by molar-refractivity contribution is 8.97. The monoisotopic (exact) mass is 136 g/mol. The Hall–Kier alpha value is 0.765. The first-order valence-corrected chi connectivity index (χ1v) is 6.01. The van der Waals surface area contributed by atoms with Crippen molar-refractivity contribution in [3.05, 3.63) is 0 Å². The van der Waals surface area contributed by atoms with Gasteiger partial charge in [-0.25, -0.2) is 8.91 Å². The first-order chi connectivity index (χ1) is 3.12. The third-order valence-electron chi connectivity index (χ3n) is 1.24. The van der Waals surface area contributed by atoms with Crippen molar-refractivity contribution < 1.29 is 0 Å². The third kappa shape index (κ3) is 3.36. The van der Waals surface area contributed by atoms with E-state index in [9.17, 15) is 0 Å². The molecule has 0 aliphatic rings. The molecule has 0 heterocycles. The molecule has 0 saturated carbocycles. The van der Waals surface area contributed by atoms with Gasteiger partial charge in [-0.1, -0.05) is 13.7 Å². The maximum absolute atomic E-state index is 4.47. The van der Waals surface area contributed by atoms with Gasteiger partial charge >= 0.3 is 0 Å². The summed E-state index contributed by atoms with van der Waals surface area (Å²) in [4.78, 5) is 0. The molecular formula is C4H13BS2. The van der Waals surface area contributed by atoms with E-state index in [4.69, 9.17) is 0 Å². The van der Waals surface area contributed by atoms with Crippen LogP contribution in [0, 0.1) is 0 Å². The van der Waals surface area contributed by atoms with Crippen LogP contribution in [0.15, 0.2) is 0 Å². The van der Waals surface area contributed by atoms with Crippen molar-refractivity contribution >= 4 is 27.1 Å². The van der Waals surface area contributed by atoms with Gasteiger partial charge in [-0.3, -0.25) is 0 Å². The number of rotatable bonds is 2. The van der Waals surface area contributed by atoms with Gasteiger partial charge in [-0.2, -0.15) is 0 Å². The van der Waals surface area contributed by atoms with E-state index >= 15 is 0 Å². The van der Waals surface area contributed by atoms with Gasteiger partial charge in [0, 0.05) is 0 Å². The molecule has 44 valence electrons. The molecule has 1 unspecified atom stereocenters. The molecule has 7 heavy (non-hydrogen) atoms. The van der Waals surface area contributed by atoms with Crippen molar-refractivity contribution in [1.29, 1.82) is 0 Å². The largest absolute Gasteiger partial charge is 0.232 e. The zero-order valence-corrected chi connectivity index (χ0v) is 6.98. The minimum Gasteiger partial charge on any atom is -0.232 e. The standard InChI is InChI=1S/C4H13BS2/c1-4-7(3,6)5-2/h5-6H,4H2,1-3H3. The van der Waals surface area contributed by atoms with E-state index in [2.05, 4.69) is 31.7 Å². The second-order valence-electron chi connectivity index (χ2n) is 1.80. The van der Waals surface area contributed by atoms with Gasteiger partial charge < -0.3 is 0 Å². The zero-order valence-electron chi connectivity index (χ0n) is 5.27. The predicted molar refractivity (Wildman–Crippen MR) is 46.1 cm³/mol. The molecule has 0 aliphatic carbocycles. The topological polar surface area (TPSA) is 0 Å². The summed E-state index contributed by atoms with van der Waals surface area (Å²) >= 11 is 4.47. The first kappa shape index (κ1) is 7.76. The number of thiol groups is 1. The second kappa shape index (κ2) is 2.93. The Balaban J connectivity index is 3.36. The van der Waals surface area contributed by atoms with Gasteiger partial charge in [-0.05, 0) is 12.0 Å². The molecule has 1 atom stereocenters. The molecule has 0 amide bonds. The fraction of sp³-hybridized carbons (Fsp3) is 1.00. The highest BCUT2D eigenvalue weighted by atomic mass is 33.1. The molecule has 0 aromatic rings. The quantitative estimate of drug-likeness (QED) is 0.333. The summed E-state index contributed by atoms with van der Waals surface area (Å²) in [5.74, 6) is 1.24. The van der Waals surface area contributed by atoms with Crippen LogP contribution >= 0.6 is 20.6 Å². The maximum atomic E-state index is 4.47. The van der Waals surface area contributed by atoms with Crippen LogP contribution in [0.2, 0.25) is 6.82 Å². The fourth-order valence-corrected chi connectivity index (χ4v) is 0.612. The fourth-order valence-electron chi connectivity index (χ4n) is 0.204. The smallest absolute Gasteiger partial charge is 0.179 e. The van der Waals surface area contributed by atoms with Crippen molar-refractivity contribution in [3.8, 4) is 0 Å². The lowest BCUT2D eigenvalue weighted by molar-refractivity contribution is 1.52. The van der Waals surface area contributed by atoms with E-state index in [0.717, 1.165) is 0 Å². The molecule has 3 heteroatoms. The van der Waals surface area contributed by atoms with Gasteiger partial charge in [0.1, 0.15) is 0 Å². The van der Waals surface area contributed by atoms with E-state index in [0.29, 0.717) is 0 Å². The summed E-state index contributed by atoms with van der Waals surface area (Å²) in [5.41, 5.74) is 0. The lowest BCUT2D eigenvalue weighted by atomic mass is 10.2. The van der Waals surface area contributed by atoms with Crippen molar-refractivity contribution in [1.82, 2.24) is 0 Å². The van der Waals surface area contributed by atoms with Crippen LogP contribution < -0.4 is 0 Å². The lowest BCUT2D eigenvalue weighted by Gasteiger charge is -2.24. The number of hydrogen-bond donors (Lipinski definition) is 1. The molecule has 0 bridgehead atoms. The Bertz CT molecular complexity index is 47.7. The van der Waals surface area contributed by atoms with E-state index in [1.165, 1.54) is 12.3 Å². The van der Waals surface area contributed by atoms with Crippen LogP contribution in [0.1, 0.15) is 6.92 Å². The molecular weight excluding hydrogens is 123 g/mol. The third-order valence-corrected chi connectivity index (χ3v) is 5.28. The Morgan fingerprint density at radius 1 is 1.71 bits per heavy atom. The van der Waals surface area contributed by atoms with Crippen LogP contribution in [0.3, 0.4) is 0 Å². The lowest BCUT2D eigenvalue weighted by Crippen LogP contribution is -1.96. The SMILES string of the molecule is CBS(C)(S)CC. The normalized spacial score (nSPS) is 22.9. The summed E-state index contributed by atoms with van der Waals surface area (Å²) in [6, 6.07) is 0. The van der Waals surface area contributed by atoms with E-state index in [-0.39, 0.29) is 0 Å². The van der Waals surface area contributed by atoms with Gasteiger partial charge in [0.05, 0.1) is 0 Å². The molecule has 0 aromatic heterocycles. The summed E-state index contributed by atoms with van der Waals surface area (Å²) < 4.78 is 0. The number of hydrogen-bond acceptors (Lipinski definition) is 1. The Labute approximate surface area is 53.3 Å². The van der Waals surface area contributed by atoms with Crippen LogP contribution in [0.25, 0.3) is 0 Å². The van der Waals surface area contributed by atoms with Crippen LogP contribution in [0.5, 0.6) is 0 Å². The van der Waals surface area contributed by atoms with E-state index < -0.39 is 8.91 Å². The summed E-state index contributed by atoms with van der Waals surface area (Å²) in [7, 11) is -0.463. The Morgan fingerprint density at radius 2 is 2.14 bits per heavy atom. The van der Waals surface area contributed by atoms with Crippen molar-refractivity contribution in [2.75, 3.05) is 12.0 Å². The van der Waals surface area contributed by atoms with Gasteiger partial charge in [0.25, 0.3) is 0 Å². The summed E-state index contributed by atoms with van der Waals surface area (Å²) in [5, 5.41) is 0. The molecule has 0 radical (unpaired) electrons. The molecule has 0 N–H and O–H groups in total. The van der Waals surface area contributed by atoms with Crippen molar-refractivity contribution in [2.45, 2.75) is 13.7 Å². The second-order valence-corrected chi connectivity index (χ2v) is 8.04. The van der Waals surface area contributed by atoms with Crippen molar-refractivity contribution in [3.63, 3.8) is 0 Å². The average molecular weight is 136 g/mol. The van der Waals surface area contributed by atoms with Crippen molar-refractivity contribution in [2.24, 2.45) is 0 Å². The highest BCUT2D eigenvalue weighted by Gasteiger charge is 2.05. The minimum absolute atomic E-state index is 0.463. The van der Waals surface area contributed by atoms with E-state index in [1.807, 2.05) is 0 Å². The summed E-state index contributed by atoms with van der Waals surface area (Å²) in [6.07, 6.45) is 2.25. The van der Waals surface area contributed by atoms with Crippen LogP contribution in [-0.4, -0.2) is 18.6 Å². The summed E-state index contributed by atoms with van der Waals surface area (Å²) in [6.45, 7) is 5.64. The Morgan fingerprint density at radius 3 is 2.14 bits per heavy atom. The zero-order chi connectivity index (χ0) is 5.91. The average Bonchev–Trinajstić information content (AvgIpc) is 1.68. The van der Waals surface area contributed by atoms with Crippen LogP contribution in [0.4, 0.5) is 0 Å². The molecule has 0 nitrogen and oxygen atoms in total. The first-order valence-electron chi connectivity index (χ1n) is 2.58. The minimum atomic E-state index is -0.463. The Kier molecular flexibility index (Phi) is 3.25. The molecule has 0 saturated heterocycles. The van der Waals surface area contributed by atoms with Gasteiger partial charge in [0.2, 0.25) is 0 Å². The molecule has 0 aliphatic heterocycles. The highest BCUT2D eigenvalue weighted by Crippen LogP contribution is 2.45. The van der Waals surface area contributed by atoms with E-state index in [1.54, 1.807) is 0 Å². The molecule has 0 rings (SSSR count). The van der Waals surface area contributed by atoms with Crippen LogP contribution in [-0.2, 0) is 0 Å². The predicted octanol–water partition coefficient (Wildman–Crippen LogP) is 1.69. The van der Waals surface area contributed by atoms with Gasteiger partial charge in [-0.15, -0.1) is 11.7 Å². The molecule has 0 spiro atoms. The molecule has 0 fully saturated rings.